The summed E-state index contributed by atoms with van der Waals surface area (Å²) >= 11 is 1.90. The van der Waals surface area contributed by atoms with Gasteiger partial charge in [-0.15, -0.1) is 11.3 Å². The zero-order chi connectivity index (χ0) is 13.1. The molecule has 0 bridgehead atoms. The van der Waals surface area contributed by atoms with E-state index < -0.39 is 0 Å². The van der Waals surface area contributed by atoms with E-state index in [-0.39, 0.29) is 0 Å². The highest BCUT2D eigenvalue weighted by Crippen LogP contribution is 2.44. The van der Waals surface area contributed by atoms with Crippen molar-refractivity contribution in [2.45, 2.75) is 39.0 Å². The van der Waals surface area contributed by atoms with Crippen LogP contribution in [-0.4, -0.2) is 13.1 Å². The van der Waals surface area contributed by atoms with Crippen LogP contribution in [0.5, 0.6) is 0 Å². The molecule has 0 unspecified atom stereocenters. The molecule has 0 spiro atoms. The summed E-state index contributed by atoms with van der Waals surface area (Å²) in [6, 6.07) is 8.84. The van der Waals surface area contributed by atoms with Gasteiger partial charge >= 0.3 is 0 Å². The number of nitrogens with one attached hydrogen (secondary N) is 1. The summed E-state index contributed by atoms with van der Waals surface area (Å²) in [6.45, 7) is 4.60. The summed E-state index contributed by atoms with van der Waals surface area (Å²) in [5, 5.41) is 7.50. The molecule has 1 nitrogen and oxygen atoms in total. The highest BCUT2D eigenvalue weighted by atomic mass is 32.1. The predicted octanol–water partition coefficient (Wildman–Crippen LogP) is 4.61. The fourth-order valence-electron chi connectivity index (χ4n) is 3.20. The number of hydrogen-bond donors (Lipinski definition) is 1. The molecule has 102 valence electrons. The minimum absolute atomic E-state index is 0.541. The van der Waals surface area contributed by atoms with E-state index >= 15 is 0 Å². The highest BCUT2D eigenvalue weighted by Gasteiger charge is 2.36. The second-order valence-electron chi connectivity index (χ2n) is 5.96. The van der Waals surface area contributed by atoms with Crippen LogP contribution in [0.4, 0.5) is 0 Å². The molecule has 1 aliphatic rings. The Morgan fingerprint density at radius 3 is 2.84 bits per heavy atom. The maximum atomic E-state index is 3.64. The maximum Gasteiger partial charge on any atom is 0.0345 e. The number of benzene rings is 1. The van der Waals surface area contributed by atoms with Gasteiger partial charge in [-0.3, -0.25) is 0 Å². The van der Waals surface area contributed by atoms with Crippen molar-refractivity contribution in [2.75, 3.05) is 13.1 Å². The van der Waals surface area contributed by atoms with Crippen LogP contribution < -0.4 is 5.32 Å². The fraction of sp³-hybridized carbons (Fsp3) is 0.529. The first-order chi connectivity index (χ1) is 9.33. The summed E-state index contributed by atoms with van der Waals surface area (Å²) in [4.78, 5) is 0. The minimum atomic E-state index is 0.541. The van der Waals surface area contributed by atoms with Crippen LogP contribution in [0, 0.1) is 5.41 Å². The van der Waals surface area contributed by atoms with E-state index in [1.54, 1.807) is 5.56 Å². The lowest BCUT2D eigenvalue weighted by Gasteiger charge is -2.42. The Bertz CT molecular complexity index is 539. The number of rotatable bonds is 6. The van der Waals surface area contributed by atoms with Crippen LogP contribution in [0.25, 0.3) is 10.1 Å². The van der Waals surface area contributed by atoms with Gasteiger partial charge in [0.1, 0.15) is 0 Å². The fourth-order valence-corrected chi connectivity index (χ4v) is 4.16. The predicted molar refractivity (Wildman–Crippen MR) is 85.0 cm³/mol. The Labute approximate surface area is 120 Å². The quantitative estimate of drug-likeness (QED) is 0.758. The van der Waals surface area contributed by atoms with Gasteiger partial charge in [-0.25, -0.2) is 0 Å². The molecule has 2 aromatic rings. The third kappa shape index (κ3) is 2.70. The van der Waals surface area contributed by atoms with Crippen molar-refractivity contribution in [3.8, 4) is 0 Å². The number of thiophene rings is 1. The van der Waals surface area contributed by atoms with Gasteiger partial charge in [-0.2, -0.15) is 0 Å². The Kier molecular flexibility index (Phi) is 3.90. The molecule has 2 heteroatoms. The average molecular weight is 273 g/mol. The first kappa shape index (κ1) is 13.1. The largest absolute Gasteiger partial charge is 0.316 e. The van der Waals surface area contributed by atoms with Gasteiger partial charge in [0.2, 0.25) is 0 Å². The van der Waals surface area contributed by atoms with E-state index in [0.29, 0.717) is 5.41 Å². The van der Waals surface area contributed by atoms with Crippen molar-refractivity contribution < 1.29 is 0 Å². The number of hydrogen-bond acceptors (Lipinski definition) is 2. The minimum Gasteiger partial charge on any atom is -0.316 e. The molecule has 0 saturated heterocycles. The molecule has 1 aliphatic carbocycles. The second kappa shape index (κ2) is 5.64. The van der Waals surface area contributed by atoms with Crippen LogP contribution in [0.3, 0.4) is 0 Å². The first-order valence-corrected chi connectivity index (χ1v) is 8.37. The third-order valence-electron chi connectivity index (χ3n) is 4.47. The van der Waals surface area contributed by atoms with Crippen molar-refractivity contribution in [1.29, 1.82) is 0 Å². The van der Waals surface area contributed by atoms with Crippen molar-refractivity contribution in [3.63, 3.8) is 0 Å². The SMILES string of the molecule is CCCNCC1(Cc2csc3ccccc23)CCC1. The van der Waals surface area contributed by atoms with Gasteiger partial charge in [0.15, 0.2) is 0 Å². The third-order valence-corrected chi connectivity index (χ3v) is 5.48. The topological polar surface area (TPSA) is 12.0 Å². The van der Waals surface area contributed by atoms with Gasteiger partial charge < -0.3 is 5.32 Å². The zero-order valence-corrected chi connectivity index (χ0v) is 12.6. The van der Waals surface area contributed by atoms with Crippen LogP contribution in [-0.2, 0) is 6.42 Å². The van der Waals surface area contributed by atoms with E-state index in [4.69, 9.17) is 0 Å². The molecule has 19 heavy (non-hydrogen) atoms. The van der Waals surface area contributed by atoms with Gasteiger partial charge in [-0.05, 0) is 60.0 Å². The van der Waals surface area contributed by atoms with Crippen molar-refractivity contribution in [1.82, 2.24) is 5.32 Å². The van der Waals surface area contributed by atoms with Crippen LogP contribution in [0.15, 0.2) is 29.6 Å². The number of fused-ring (bicyclic) bond motifs is 1. The Morgan fingerprint density at radius 2 is 2.11 bits per heavy atom. The molecule has 1 aromatic carbocycles. The zero-order valence-electron chi connectivity index (χ0n) is 11.7. The summed E-state index contributed by atoms with van der Waals surface area (Å²) < 4.78 is 1.44. The van der Waals surface area contributed by atoms with E-state index in [0.717, 1.165) is 6.54 Å². The van der Waals surface area contributed by atoms with Gasteiger partial charge in [-0.1, -0.05) is 31.5 Å². The molecular formula is C17H23NS. The molecule has 1 heterocycles. The molecule has 1 fully saturated rings. The smallest absolute Gasteiger partial charge is 0.0345 e. The second-order valence-corrected chi connectivity index (χ2v) is 6.88. The Balaban J connectivity index is 1.75. The van der Waals surface area contributed by atoms with Crippen molar-refractivity contribution in [2.24, 2.45) is 5.41 Å². The lowest BCUT2D eigenvalue weighted by atomic mass is 9.65. The van der Waals surface area contributed by atoms with Crippen molar-refractivity contribution >= 4 is 21.4 Å². The molecule has 0 aliphatic heterocycles. The Morgan fingerprint density at radius 1 is 1.26 bits per heavy atom. The van der Waals surface area contributed by atoms with Gasteiger partial charge in [0.05, 0.1) is 0 Å². The first-order valence-electron chi connectivity index (χ1n) is 7.49. The van der Waals surface area contributed by atoms with Crippen LogP contribution >= 0.6 is 11.3 Å². The van der Waals surface area contributed by atoms with Gasteiger partial charge in [0.25, 0.3) is 0 Å². The van der Waals surface area contributed by atoms with E-state index in [2.05, 4.69) is 41.9 Å². The molecule has 0 atom stereocenters. The monoisotopic (exact) mass is 273 g/mol. The molecular weight excluding hydrogens is 250 g/mol. The van der Waals surface area contributed by atoms with Gasteiger partial charge in [0, 0.05) is 11.2 Å². The van der Waals surface area contributed by atoms with Crippen LogP contribution in [0.1, 0.15) is 38.2 Å². The van der Waals surface area contributed by atoms with E-state index in [1.165, 1.54) is 48.7 Å². The molecule has 1 saturated carbocycles. The van der Waals surface area contributed by atoms with E-state index in [9.17, 15) is 0 Å². The van der Waals surface area contributed by atoms with Crippen molar-refractivity contribution in [3.05, 3.63) is 35.2 Å². The Hall–Kier alpha value is -0.860. The van der Waals surface area contributed by atoms with Crippen LogP contribution in [0.2, 0.25) is 0 Å². The molecule has 1 aromatic heterocycles. The summed E-state index contributed by atoms with van der Waals surface area (Å²) in [5.41, 5.74) is 2.11. The normalized spacial score (nSPS) is 17.5. The molecule has 1 N–H and O–H groups in total. The lowest BCUT2D eigenvalue weighted by Crippen LogP contribution is -2.41. The maximum absolute atomic E-state index is 3.64. The van der Waals surface area contributed by atoms with E-state index in [1.807, 2.05) is 11.3 Å². The summed E-state index contributed by atoms with van der Waals surface area (Å²) in [7, 11) is 0. The summed E-state index contributed by atoms with van der Waals surface area (Å²) in [5.74, 6) is 0. The molecule has 0 radical (unpaired) electrons. The standard InChI is InChI=1S/C17H23NS/c1-2-10-18-13-17(8-5-9-17)11-14-12-19-16-7-4-3-6-15(14)16/h3-4,6-7,12,18H,2,5,8-11,13H2,1H3. The molecule has 3 rings (SSSR count). The highest BCUT2D eigenvalue weighted by molar-refractivity contribution is 7.17. The lowest BCUT2D eigenvalue weighted by molar-refractivity contribution is 0.131. The molecule has 0 amide bonds. The average Bonchev–Trinajstić information content (AvgIpc) is 2.79. The summed E-state index contributed by atoms with van der Waals surface area (Å²) in [6.07, 6.45) is 6.70.